The highest BCUT2D eigenvalue weighted by Gasteiger charge is 2.31. The molecule has 2 aromatic rings. The summed E-state index contributed by atoms with van der Waals surface area (Å²) in [4.78, 5) is 22.5. The number of benzene rings is 2. The Bertz CT molecular complexity index is 661. The minimum atomic E-state index is -0.436. The van der Waals surface area contributed by atoms with E-state index < -0.39 is 4.92 Å². The van der Waals surface area contributed by atoms with Gasteiger partial charge in [-0.15, -0.1) is 0 Å². The van der Waals surface area contributed by atoms with Crippen molar-refractivity contribution in [3.05, 3.63) is 75.3 Å². The Hall–Kier alpha value is -2.49. The number of carbonyl (C=O) groups is 1. The molecular weight excluding hydrogens is 242 g/mol. The zero-order valence-corrected chi connectivity index (χ0v) is 10.1. The number of fused-ring (bicyclic) bond motifs is 1. The number of nitrogens with zero attached hydrogens (tertiary/aromatic N) is 1. The average molecular weight is 253 g/mol. The van der Waals surface area contributed by atoms with Gasteiger partial charge in [-0.2, -0.15) is 0 Å². The van der Waals surface area contributed by atoms with Gasteiger partial charge < -0.3 is 0 Å². The molecule has 1 aliphatic carbocycles. The highest BCUT2D eigenvalue weighted by Crippen LogP contribution is 2.34. The van der Waals surface area contributed by atoms with Crippen molar-refractivity contribution in [2.75, 3.05) is 0 Å². The second-order valence-electron chi connectivity index (χ2n) is 4.63. The molecule has 0 heterocycles. The number of nitro groups is 1. The molecule has 0 N–H and O–H groups in total. The number of nitro benzene ring substituents is 1. The SMILES string of the molecule is O=C1c2ccccc2CC1c1ccc([N+](=O)[O-])cc1. The maximum Gasteiger partial charge on any atom is 0.269 e. The molecule has 4 nitrogen and oxygen atoms in total. The van der Waals surface area contributed by atoms with E-state index >= 15 is 0 Å². The summed E-state index contributed by atoms with van der Waals surface area (Å²) in [5.74, 6) is -0.109. The molecule has 4 heteroatoms. The lowest BCUT2D eigenvalue weighted by molar-refractivity contribution is -0.384. The van der Waals surface area contributed by atoms with Gasteiger partial charge in [0.15, 0.2) is 5.78 Å². The molecule has 0 radical (unpaired) electrons. The van der Waals surface area contributed by atoms with E-state index in [1.54, 1.807) is 12.1 Å². The van der Waals surface area contributed by atoms with Gasteiger partial charge in [0, 0.05) is 17.7 Å². The molecule has 3 rings (SSSR count). The third-order valence-corrected chi connectivity index (χ3v) is 3.53. The predicted molar refractivity (Wildman–Crippen MR) is 70.3 cm³/mol. The fourth-order valence-corrected chi connectivity index (χ4v) is 2.54. The Morgan fingerprint density at radius 2 is 1.74 bits per heavy atom. The Kier molecular flexibility index (Phi) is 2.63. The van der Waals surface area contributed by atoms with Crippen LogP contribution >= 0.6 is 0 Å². The summed E-state index contributed by atoms with van der Waals surface area (Å²) < 4.78 is 0. The normalized spacial score (nSPS) is 17.3. The van der Waals surface area contributed by atoms with Crippen LogP contribution in [0.2, 0.25) is 0 Å². The summed E-state index contributed by atoms with van der Waals surface area (Å²) >= 11 is 0. The zero-order chi connectivity index (χ0) is 13.4. The van der Waals surface area contributed by atoms with Gasteiger partial charge >= 0.3 is 0 Å². The van der Waals surface area contributed by atoms with Crippen molar-refractivity contribution in [1.82, 2.24) is 0 Å². The minimum absolute atomic E-state index is 0.0479. The number of carbonyl (C=O) groups excluding carboxylic acids is 1. The lowest BCUT2D eigenvalue weighted by Gasteiger charge is -2.07. The molecule has 0 saturated carbocycles. The standard InChI is InChI=1S/C15H11NO3/c17-15-13-4-2-1-3-11(13)9-14(15)10-5-7-12(8-6-10)16(18)19/h1-8,14H,9H2. The molecular formula is C15H11NO3. The molecule has 1 aliphatic rings. The molecule has 0 fully saturated rings. The summed E-state index contributed by atoms with van der Waals surface area (Å²) in [6.07, 6.45) is 0.673. The van der Waals surface area contributed by atoms with Crippen molar-refractivity contribution in [2.45, 2.75) is 12.3 Å². The molecule has 0 bridgehead atoms. The molecule has 94 valence electrons. The molecule has 0 amide bonds. The van der Waals surface area contributed by atoms with E-state index in [1.165, 1.54) is 12.1 Å². The van der Waals surface area contributed by atoms with Crippen LogP contribution in [0.1, 0.15) is 27.4 Å². The van der Waals surface area contributed by atoms with Gasteiger partial charge in [0.25, 0.3) is 5.69 Å². The molecule has 1 atom stereocenters. The highest BCUT2D eigenvalue weighted by molar-refractivity contribution is 6.05. The van der Waals surface area contributed by atoms with Crippen LogP contribution < -0.4 is 0 Å². The fraction of sp³-hybridized carbons (Fsp3) is 0.133. The molecule has 1 unspecified atom stereocenters. The van der Waals surface area contributed by atoms with Crippen LogP contribution in [-0.4, -0.2) is 10.7 Å². The molecule has 0 aromatic heterocycles. The van der Waals surface area contributed by atoms with Gasteiger partial charge in [-0.3, -0.25) is 14.9 Å². The Morgan fingerprint density at radius 3 is 2.37 bits per heavy atom. The van der Waals surface area contributed by atoms with Crippen LogP contribution in [0.5, 0.6) is 0 Å². The van der Waals surface area contributed by atoms with Crippen LogP contribution in [0.25, 0.3) is 0 Å². The minimum Gasteiger partial charge on any atom is -0.293 e. The van der Waals surface area contributed by atoms with Gasteiger partial charge in [-0.05, 0) is 17.5 Å². The number of Topliss-reactive ketones (excluding diaryl/α,β-unsaturated/α-hetero) is 1. The van der Waals surface area contributed by atoms with E-state index in [1.807, 2.05) is 24.3 Å². The van der Waals surface area contributed by atoms with Gasteiger partial charge in [0.2, 0.25) is 0 Å². The first kappa shape index (κ1) is 11.6. The molecule has 0 aliphatic heterocycles. The van der Waals surface area contributed by atoms with Crippen molar-refractivity contribution >= 4 is 11.5 Å². The van der Waals surface area contributed by atoms with Crippen LogP contribution in [-0.2, 0) is 6.42 Å². The smallest absolute Gasteiger partial charge is 0.269 e. The Balaban J connectivity index is 1.93. The van der Waals surface area contributed by atoms with Gasteiger partial charge in [-0.1, -0.05) is 36.4 Å². The lowest BCUT2D eigenvalue weighted by atomic mass is 9.95. The van der Waals surface area contributed by atoms with E-state index in [0.29, 0.717) is 6.42 Å². The topological polar surface area (TPSA) is 60.2 Å². The first-order valence-electron chi connectivity index (χ1n) is 6.03. The van der Waals surface area contributed by atoms with Gasteiger partial charge in [0.05, 0.1) is 10.8 Å². The number of ketones is 1. The quantitative estimate of drug-likeness (QED) is 0.610. The second kappa shape index (κ2) is 4.31. The number of hydrogen-bond donors (Lipinski definition) is 0. The summed E-state index contributed by atoms with van der Waals surface area (Å²) in [5.41, 5.74) is 2.71. The fourth-order valence-electron chi connectivity index (χ4n) is 2.54. The molecule has 19 heavy (non-hydrogen) atoms. The number of hydrogen-bond acceptors (Lipinski definition) is 3. The van der Waals surface area contributed by atoms with Crippen molar-refractivity contribution in [3.8, 4) is 0 Å². The van der Waals surface area contributed by atoms with Crippen molar-refractivity contribution in [3.63, 3.8) is 0 Å². The maximum absolute atomic E-state index is 12.3. The Morgan fingerprint density at radius 1 is 1.05 bits per heavy atom. The Labute approximate surface area is 109 Å². The van der Waals surface area contributed by atoms with Gasteiger partial charge in [-0.25, -0.2) is 0 Å². The summed E-state index contributed by atoms with van der Waals surface area (Å²) in [5, 5.41) is 10.6. The third-order valence-electron chi connectivity index (χ3n) is 3.53. The summed E-state index contributed by atoms with van der Waals surface area (Å²) in [6, 6.07) is 13.8. The van der Waals surface area contributed by atoms with Crippen LogP contribution in [0.4, 0.5) is 5.69 Å². The summed E-state index contributed by atoms with van der Waals surface area (Å²) in [7, 11) is 0. The first-order chi connectivity index (χ1) is 9.16. The largest absolute Gasteiger partial charge is 0.293 e. The van der Waals surface area contributed by atoms with Gasteiger partial charge in [0.1, 0.15) is 0 Å². The highest BCUT2D eigenvalue weighted by atomic mass is 16.6. The van der Waals surface area contributed by atoms with Crippen LogP contribution in [0, 0.1) is 10.1 Å². The van der Waals surface area contributed by atoms with Crippen molar-refractivity contribution in [1.29, 1.82) is 0 Å². The van der Waals surface area contributed by atoms with E-state index in [2.05, 4.69) is 0 Å². The number of non-ortho nitro benzene ring substituents is 1. The van der Waals surface area contributed by atoms with Crippen LogP contribution in [0.15, 0.2) is 48.5 Å². The van der Waals surface area contributed by atoms with E-state index in [9.17, 15) is 14.9 Å². The van der Waals surface area contributed by atoms with Crippen LogP contribution in [0.3, 0.4) is 0 Å². The number of rotatable bonds is 2. The third kappa shape index (κ3) is 1.91. The van der Waals surface area contributed by atoms with E-state index in [-0.39, 0.29) is 17.4 Å². The van der Waals surface area contributed by atoms with Crippen molar-refractivity contribution in [2.24, 2.45) is 0 Å². The molecule has 0 saturated heterocycles. The molecule has 0 spiro atoms. The predicted octanol–water partition coefficient (Wildman–Crippen LogP) is 3.12. The average Bonchev–Trinajstić information content (AvgIpc) is 2.77. The zero-order valence-electron chi connectivity index (χ0n) is 10.1. The monoisotopic (exact) mass is 253 g/mol. The maximum atomic E-state index is 12.3. The second-order valence-corrected chi connectivity index (χ2v) is 4.63. The summed E-state index contributed by atoms with van der Waals surface area (Å²) in [6.45, 7) is 0. The van der Waals surface area contributed by atoms with Crippen molar-refractivity contribution < 1.29 is 9.72 Å². The van der Waals surface area contributed by atoms with E-state index in [4.69, 9.17) is 0 Å². The molecule has 2 aromatic carbocycles. The first-order valence-corrected chi connectivity index (χ1v) is 6.03. The van der Waals surface area contributed by atoms with E-state index in [0.717, 1.165) is 16.7 Å². The lowest BCUT2D eigenvalue weighted by Crippen LogP contribution is -2.06.